The Morgan fingerprint density at radius 3 is 2.88 bits per heavy atom. The topological polar surface area (TPSA) is 63.3 Å². The SMILES string of the molecule is O=C(O)c1coc(-c2cc(Br)ccc2F)n1. The zero-order valence-electron chi connectivity index (χ0n) is 7.78. The van der Waals surface area contributed by atoms with Gasteiger partial charge in [0.1, 0.15) is 12.1 Å². The van der Waals surface area contributed by atoms with E-state index in [-0.39, 0.29) is 17.1 Å². The molecule has 0 fully saturated rings. The zero-order chi connectivity index (χ0) is 11.7. The molecule has 0 saturated heterocycles. The van der Waals surface area contributed by atoms with Gasteiger partial charge in [-0.25, -0.2) is 14.2 Å². The lowest BCUT2D eigenvalue weighted by Gasteiger charge is -1.98. The van der Waals surface area contributed by atoms with E-state index < -0.39 is 11.8 Å². The second-order valence-corrected chi connectivity index (χ2v) is 3.88. The average molecular weight is 286 g/mol. The fourth-order valence-electron chi connectivity index (χ4n) is 1.16. The van der Waals surface area contributed by atoms with Gasteiger partial charge in [-0.15, -0.1) is 0 Å². The molecule has 0 aliphatic heterocycles. The van der Waals surface area contributed by atoms with Gasteiger partial charge in [0.25, 0.3) is 0 Å². The smallest absolute Gasteiger partial charge is 0.357 e. The first-order valence-electron chi connectivity index (χ1n) is 4.22. The van der Waals surface area contributed by atoms with Crippen molar-refractivity contribution in [1.29, 1.82) is 0 Å². The number of hydrogen-bond donors (Lipinski definition) is 1. The molecule has 4 nitrogen and oxygen atoms in total. The number of oxazole rings is 1. The third-order valence-corrected chi connectivity index (χ3v) is 2.38. The highest BCUT2D eigenvalue weighted by molar-refractivity contribution is 9.10. The largest absolute Gasteiger partial charge is 0.476 e. The third-order valence-electron chi connectivity index (χ3n) is 1.88. The molecule has 0 aliphatic carbocycles. The van der Waals surface area contributed by atoms with Gasteiger partial charge in [0.2, 0.25) is 5.89 Å². The molecular formula is C10H5BrFNO3. The van der Waals surface area contributed by atoms with Crippen LogP contribution in [-0.2, 0) is 0 Å². The minimum atomic E-state index is -1.22. The zero-order valence-corrected chi connectivity index (χ0v) is 9.36. The Hall–Kier alpha value is -1.69. The Morgan fingerprint density at radius 2 is 2.25 bits per heavy atom. The summed E-state index contributed by atoms with van der Waals surface area (Å²) in [5.74, 6) is -1.80. The Kier molecular flexibility index (Phi) is 2.74. The molecule has 16 heavy (non-hydrogen) atoms. The first kappa shape index (κ1) is 10.8. The van der Waals surface area contributed by atoms with Crippen molar-refractivity contribution in [2.45, 2.75) is 0 Å². The van der Waals surface area contributed by atoms with Gasteiger partial charge in [-0.3, -0.25) is 0 Å². The van der Waals surface area contributed by atoms with Gasteiger partial charge in [0.05, 0.1) is 5.56 Å². The highest BCUT2D eigenvalue weighted by Gasteiger charge is 2.15. The normalized spacial score (nSPS) is 10.4. The van der Waals surface area contributed by atoms with Crippen molar-refractivity contribution in [3.63, 3.8) is 0 Å². The van der Waals surface area contributed by atoms with Crippen molar-refractivity contribution in [1.82, 2.24) is 4.98 Å². The van der Waals surface area contributed by atoms with Crippen LogP contribution in [0, 0.1) is 5.82 Å². The number of rotatable bonds is 2. The van der Waals surface area contributed by atoms with Gasteiger partial charge in [-0.2, -0.15) is 0 Å². The minimum Gasteiger partial charge on any atom is -0.476 e. The van der Waals surface area contributed by atoms with Crippen LogP contribution in [0.2, 0.25) is 0 Å². The molecule has 2 rings (SSSR count). The summed E-state index contributed by atoms with van der Waals surface area (Å²) < 4.78 is 18.9. The standard InChI is InChI=1S/C10H5BrFNO3/c11-5-1-2-7(12)6(3-5)9-13-8(4-16-9)10(14)15/h1-4H,(H,14,15). The van der Waals surface area contributed by atoms with Crippen LogP contribution in [-0.4, -0.2) is 16.1 Å². The maximum atomic E-state index is 13.4. The number of carbonyl (C=O) groups is 1. The molecular weight excluding hydrogens is 281 g/mol. The van der Waals surface area contributed by atoms with Crippen molar-refractivity contribution in [2.75, 3.05) is 0 Å². The lowest BCUT2D eigenvalue weighted by molar-refractivity contribution is 0.0690. The van der Waals surface area contributed by atoms with Crippen LogP contribution in [0.1, 0.15) is 10.5 Å². The van der Waals surface area contributed by atoms with Crippen LogP contribution >= 0.6 is 15.9 Å². The summed E-state index contributed by atoms with van der Waals surface area (Å²) in [6.07, 6.45) is 0.970. The van der Waals surface area contributed by atoms with Crippen molar-refractivity contribution < 1.29 is 18.7 Å². The molecule has 0 atom stereocenters. The van der Waals surface area contributed by atoms with Gasteiger partial charge in [0, 0.05) is 4.47 Å². The molecule has 0 amide bonds. The molecule has 0 saturated carbocycles. The Labute approximate surface area is 97.9 Å². The summed E-state index contributed by atoms with van der Waals surface area (Å²) in [4.78, 5) is 14.2. The minimum absolute atomic E-state index is 0.0591. The predicted molar refractivity (Wildman–Crippen MR) is 56.6 cm³/mol. The summed E-state index contributed by atoms with van der Waals surface area (Å²) >= 11 is 3.18. The number of benzene rings is 1. The third kappa shape index (κ3) is 1.96. The van der Waals surface area contributed by atoms with Gasteiger partial charge in [-0.1, -0.05) is 15.9 Å². The number of hydrogen-bond acceptors (Lipinski definition) is 3. The molecule has 1 heterocycles. The first-order valence-corrected chi connectivity index (χ1v) is 5.01. The van der Waals surface area contributed by atoms with Gasteiger partial charge in [-0.05, 0) is 18.2 Å². The number of carboxylic acids is 1. The van der Waals surface area contributed by atoms with E-state index in [9.17, 15) is 9.18 Å². The maximum absolute atomic E-state index is 13.4. The monoisotopic (exact) mass is 285 g/mol. The van der Waals surface area contributed by atoms with Crippen molar-refractivity contribution >= 4 is 21.9 Å². The highest BCUT2D eigenvalue weighted by atomic mass is 79.9. The fourth-order valence-corrected chi connectivity index (χ4v) is 1.52. The van der Waals surface area contributed by atoms with Gasteiger partial charge in [0.15, 0.2) is 5.69 Å². The number of aromatic nitrogens is 1. The predicted octanol–water partition coefficient (Wildman–Crippen LogP) is 2.94. The second kappa shape index (κ2) is 4.05. The van der Waals surface area contributed by atoms with Crippen molar-refractivity contribution in [2.24, 2.45) is 0 Å². The second-order valence-electron chi connectivity index (χ2n) is 2.97. The summed E-state index contributed by atoms with van der Waals surface area (Å²) in [5.41, 5.74) is -0.142. The van der Waals surface area contributed by atoms with Crippen LogP contribution in [0.4, 0.5) is 4.39 Å². The number of halogens is 2. The van der Waals surface area contributed by atoms with Crippen LogP contribution in [0.3, 0.4) is 0 Å². The Morgan fingerprint density at radius 1 is 1.50 bits per heavy atom. The lowest BCUT2D eigenvalue weighted by Crippen LogP contribution is -1.95. The van der Waals surface area contributed by atoms with E-state index in [1.807, 2.05) is 0 Å². The van der Waals surface area contributed by atoms with Crippen LogP contribution < -0.4 is 0 Å². The molecule has 0 unspecified atom stereocenters. The van der Waals surface area contributed by atoms with Crippen LogP contribution in [0.5, 0.6) is 0 Å². The van der Waals surface area contributed by atoms with E-state index in [2.05, 4.69) is 20.9 Å². The summed E-state index contributed by atoms with van der Waals surface area (Å²) in [6, 6.07) is 4.23. The Balaban J connectivity index is 2.50. The molecule has 6 heteroatoms. The molecule has 0 bridgehead atoms. The fraction of sp³-hybridized carbons (Fsp3) is 0. The number of nitrogens with zero attached hydrogens (tertiary/aromatic N) is 1. The molecule has 2 aromatic rings. The van der Waals surface area contributed by atoms with E-state index in [4.69, 9.17) is 9.52 Å². The summed E-state index contributed by atoms with van der Waals surface area (Å²) in [5, 5.41) is 8.64. The molecule has 82 valence electrons. The van der Waals surface area contributed by atoms with Gasteiger partial charge >= 0.3 is 5.97 Å². The van der Waals surface area contributed by atoms with E-state index in [1.54, 1.807) is 0 Å². The molecule has 0 aliphatic rings. The molecule has 1 aromatic heterocycles. The van der Waals surface area contributed by atoms with Crippen molar-refractivity contribution in [3.05, 3.63) is 40.4 Å². The molecule has 0 radical (unpaired) electrons. The summed E-state index contributed by atoms with van der Waals surface area (Å²) in [7, 11) is 0. The van der Waals surface area contributed by atoms with Crippen LogP contribution in [0.25, 0.3) is 11.5 Å². The molecule has 1 aromatic carbocycles. The Bertz CT molecular complexity index is 553. The maximum Gasteiger partial charge on any atom is 0.357 e. The van der Waals surface area contributed by atoms with E-state index >= 15 is 0 Å². The number of aromatic carboxylic acids is 1. The van der Waals surface area contributed by atoms with E-state index in [0.717, 1.165) is 6.26 Å². The highest BCUT2D eigenvalue weighted by Crippen LogP contribution is 2.25. The van der Waals surface area contributed by atoms with E-state index in [1.165, 1.54) is 18.2 Å². The lowest BCUT2D eigenvalue weighted by atomic mass is 10.2. The van der Waals surface area contributed by atoms with Crippen molar-refractivity contribution in [3.8, 4) is 11.5 Å². The molecule has 1 N–H and O–H groups in total. The summed E-state index contributed by atoms with van der Waals surface area (Å²) in [6.45, 7) is 0. The van der Waals surface area contributed by atoms with Crippen LogP contribution in [0.15, 0.2) is 33.4 Å². The quantitative estimate of drug-likeness (QED) is 0.921. The first-order chi connectivity index (χ1) is 7.58. The van der Waals surface area contributed by atoms with E-state index in [0.29, 0.717) is 4.47 Å². The number of carboxylic acid groups (broad SMARTS) is 1. The molecule has 0 spiro atoms. The average Bonchev–Trinajstić information content (AvgIpc) is 2.70. The van der Waals surface area contributed by atoms with Gasteiger partial charge < -0.3 is 9.52 Å².